The van der Waals surface area contributed by atoms with Crippen molar-refractivity contribution in [1.82, 2.24) is 25.4 Å². The van der Waals surface area contributed by atoms with Crippen molar-refractivity contribution in [1.29, 1.82) is 0 Å². The molecule has 3 aromatic rings. The molecule has 1 aliphatic heterocycles. The van der Waals surface area contributed by atoms with E-state index in [-0.39, 0.29) is 5.91 Å². The molecule has 0 radical (unpaired) electrons. The molecule has 3 heterocycles. The molecule has 1 amide bonds. The molecule has 0 aliphatic carbocycles. The number of nitrogens with zero attached hydrogens (tertiary/aromatic N) is 6. The van der Waals surface area contributed by atoms with Crippen molar-refractivity contribution in [3.05, 3.63) is 47.4 Å². The van der Waals surface area contributed by atoms with E-state index in [2.05, 4.69) is 35.6 Å². The quantitative estimate of drug-likeness (QED) is 0.561. The number of methoxy groups -OCH3 is 2. The van der Waals surface area contributed by atoms with Crippen molar-refractivity contribution in [2.75, 3.05) is 37.5 Å². The van der Waals surface area contributed by atoms with Gasteiger partial charge in [-0.1, -0.05) is 23.5 Å². The molecule has 4 rings (SSSR count). The molecule has 1 aliphatic rings. The van der Waals surface area contributed by atoms with Gasteiger partial charge < -0.3 is 14.4 Å². The third-order valence-electron chi connectivity index (χ3n) is 5.11. The standard InChI is InChI=1S/C20H23N7O3S/c1-29-15-5-3-4-14(9-15)18(30-2)19(28)23-20-26-25-17(31-20)8-13-6-7-27(11-13)16-10-21-12-22-24-16/h3-5,9-10,12-13,18H,6-8,11H2,1-2H3,(H,23,26,28)/t13-,18+/m0/s1. The number of hydrogen-bond donors (Lipinski definition) is 1. The molecule has 1 fully saturated rings. The molecule has 2 aromatic heterocycles. The molecule has 10 nitrogen and oxygen atoms in total. The van der Waals surface area contributed by atoms with Gasteiger partial charge in [0, 0.05) is 26.6 Å². The second-order valence-electron chi connectivity index (χ2n) is 7.15. The summed E-state index contributed by atoms with van der Waals surface area (Å²) in [7, 11) is 3.07. The van der Waals surface area contributed by atoms with Crippen LogP contribution in [0.15, 0.2) is 36.8 Å². The predicted octanol–water partition coefficient (Wildman–Crippen LogP) is 2.13. The number of amides is 1. The predicted molar refractivity (Wildman–Crippen MR) is 115 cm³/mol. The summed E-state index contributed by atoms with van der Waals surface area (Å²) in [5.74, 6) is 1.58. The second-order valence-corrected chi connectivity index (χ2v) is 8.22. The van der Waals surface area contributed by atoms with Crippen LogP contribution in [0, 0.1) is 5.92 Å². The Bertz CT molecular complexity index is 1020. The first kappa shape index (κ1) is 21.1. The second kappa shape index (κ2) is 9.75. The zero-order valence-corrected chi connectivity index (χ0v) is 18.1. The van der Waals surface area contributed by atoms with Gasteiger partial charge in [0.05, 0.1) is 13.3 Å². The Morgan fingerprint density at radius 1 is 1.32 bits per heavy atom. The minimum atomic E-state index is -0.772. The lowest BCUT2D eigenvalue weighted by Crippen LogP contribution is -2.22. The van der Waals surface area contributed by atoms with Crippen LogP contribution >= 0.6 is 11.3 Å². The fourth-order valence-corrected chi connectivity index (χ4v) is 4.45. The minimum absolute atomic E-state index is 0.305. The summed E-state index contributed by atoms with van der Waals surface area (Å²) in [6, 6.07) is 7.23. The lowest BCUT2D eigenvalue weighted by Gasteiger charge is -2.15. The average Bonchev–Trinajstić information content (AvgIpc) is 3.45. The minimum Gasteiger partial charge on any atom is -0.497 e. The normalized spacial score (nSPS) is 16.8. The van der Waals surface area contributed by atoms with Gasteiger partial charge in [0.25, 0.3) is 5.91 Å². The van der Waals surface area contributed by atoms with E-state index in [9.17, 15) is 4.79 Å². The van der Waals surface area contributed by atoms with Crippen molar-refractivity contribution in [3.8, 4) is 5.75 Å². The molecule has 31 heavy (non-hydrogen) atoms. The van der Waals surface area contributed by atoms with Crippen LogP contribution in [0.4, 0.5) is 10.9 Å². The maximum atomic E-state index is 12.7. The smallest absolute Gasteiger partial charge is 0.259 e. The van der Waals surface area contributed by atoms with E-state index in [1.165, 1.54) is 24.8 Å². The van der Waals surface area contributed by atoms with Gasteiger partial charge in [0.1, 0.15) is 17.1 Å². The Kier molecular flexibility index (Phi) is 6.63. The first-order valence-corrected chi connectivity index (χ1v) is 10.7. The van der Waals surface area contributed by atoms with Crippen molar-refractivity contribution < 1.29 is 14.3 Å². The maximum Gasteiger partial charge on any atom is 0.259 e. The molecule has 1 N–H and O–H groups in total. The van der Waals surface area contributed by atoms with Gasteiger partial charge in [0.15, 0.2) is 11.9 Å². The van der Waals surface area contributed by atoms with Gasteiger partial charge in [0.2, 0.25) is 5.13 Å². The molecule has 2 atom stereocenters. The lowest BCUT2D eigenvalue weighted by molar-refractivity contribution is -0.126. The van der Waals surface area contributed by atoms with Crippen LogP contribution in [-0.4, -0.2) is 58.6 Å². The van der Waals surface area contributed by atoms with E-state index in [0.717, 1.165) is 36.8 Å². The molecule has 11 heteroatoms. The summed E-state index contributed by atoms with van der Waals surface area (Å²) >= 11 is 1.38. The Labute approximate surface area is 183 Å². The van der Waals surface area contributed by atoms with Crippen LogP contribution in [0.1, 0.15) is 23.1 Å². The molecule has 0 spiro atoms. The van der Waals surface area contributed by atoms with E-state index < -0.39 is 6.10 Å². The van der Waals surface area contributed by atoms with E-state index in [1.807, 2.05) is 18.2 Å². The summed E-state index contributed by atoms with van der Waals surface area (Å²) in [4.78, 5) is 18.9. The molecular weight excluding hydrogens is 418 g/mol. The summed E-state index contributed by atoms with van der Waals surface area (Å²) in [5.41, 5.74) is 0.702. The fraction of sp³-hybridized carbons (Fsp3) is 0.400. The highest BCUT2D eigenvalue weighted by Gasteiger charge is 2.26. The third kappa shape index (κ3) is 5.12. The summed E-state index contributed by atoms with van der Waals surface area (Å²) < 4.78 is 10.6. The maximum absolute atomic E-state index is 12.7. The molecule has 0 unspecified atom stereocenters. The van der Waals surface area contributed by atoms with E-state index >= 15 is 0 Å². The first-order valence-electron chi connectivity index (χ1n) is 9.84. The van der Waals surface area contributed by atoms with Gasteiger partial charge in [-0.3, -0.25) is 10.1 Å². The summed E-state index contributed by atoms with van der Waals surface area (Å²) in [6.45, 7) is 1.77. The zero-order chi connectivity index (χ0) is 21.6. The topological polar surface area (TPSA) is 115 Å². The summed E-state index contributed by atoms with van der Waals surface area (Å²) in [6.07, 6.45) is 4.20. The van der Waals surface area contributed by atoms with Gasteiger partial charge in [-0.2, -0.15) is 0 Å². The first-order chi connectivity index (χ1) is 15.2. The average molecular weight is 442 g/mol. The number of hydrogen-bond acceptors (Lipinski definition) is 10. The molecular formula is C20H23N7O3S. The van der Waals surface area contributed by atoms with E-state index in [0.29, 0.717) is 22.4 Å². The highest BCUT2D eigenvalue weighted by Crippen LogP contribution is 2.28. The lowest BCUT2D eigenvalue weighted by atomic mass is 10.1. The largest absolute Gasteiger partial charge is 0.497 e. The molecule has 1 aromatic carbocycles. The van der Waals surface area contributed by atoms with E-state index in [4.69, 9.17) is 9.47 Å². The van der Waals surface area contributed by atoms with Crippen LogP contribution in [0.25, 0.3) is 0 Å². The van der Waals surface area contributed by atoms with Gasteiger partial charge >= 0.3 is 0 Å². The number of carbonyl (C=O) groups excluding carboxylic acids is 1. The number of aromatic nitrogens is 5. The Hall–Kier alpha value is -3.18. The number of rotatable bonds is 8. The Balaban J connectivity index is 1.35. The number of carbonyl (C=O) groups is 1. The zero-order valence-electron chi connectivity index (χ0n) is 17.3. The van der Waals surface area contributed by atoms with E-state index in [1.54, 1.807) is 19.4 Å². The third-order valence-corrected chi connectivity index (χ3v) is 5.97. The summed E-state index contributed by atoms with van der Waals surface area (Å²) in [5, 5.41) is 20.5. The van der Waals surface area contributed by atoms with Crippen LogP contribution in [0.2, 0.25) is 0 Å². The fourth-order valence-electron chi connectivity index (χ4n) is 3.60. The van der Waals surface area contributed by atoms with Gasteiger partial charge in [-0.25, -0.2) is 4.98 Å². The van der Waals surface area contributed by atoms with Crippen LogP contribution in [-0.2, 0) is 16.0 Å². The number of nitrogens with one attached hydrogen (secondary N) is 1. The molecule has 0 bridgehead atoms. The van der Waals surface area contributed by atoms with Crippen molar-refractivity contribution in [3.63, 3.8) is 0 Å². The van der Waals surface area contributed by atoms with Crippen molar-refractivity contribution in [2.24, 2.45) is 5.92 Å². The molecule has 162 valence electrons. The molecule has 1 saturated heterocycles. The van der Waals surface area contributed by atoms with Gasteiger partial charge in [-0.05, 0) is 30.0 Å². The highest BCUT2D eigenvalue weighted by atomic mass is 32.1. The van der Waals surface area contributed by atoms with Crippen LogP contribution < -0.4 is 15.0 Å². The van der Waals surface area contributed by atoms with Crippen LogP contribution in [0.5, 0.6) is 5.75 Å². The number of benzene rings is 1. The monoisotopic (exact) mass is 441 g/mol. The van der Waals surface area contributed by atoms with Crippen molar-refractivity contribution >= 4 is 28.2 Å². The Morgan fingerprint density at radius 2 is 2.23 bits per heavy atom. The SMILES string of the molecule is COc1cccc([C@@H](OC)C(=O)Nc2nnc(C[C@@H]3CCN(c4cncnn4)C3)s2)c1. The number of anilines is 2. The van der Waals surface area contributed by atoms with Crippen LogP contribution in [0.3, 0.4) is 0 Å². The Morgan fingerprint density at radius 3 is 3.00 bits per heavy atom. The highest BCUT2D eigenvalue weighted by molar-refractivity contribution is 7.15. The van der Waals surface area contributed by atoms with Crippen molar-refractivity contribution in [2.45, 2.75) is 18.9 Å². The van der Waals surface area contributed by atoms with Gasteiger partial charge in [-0.15, -0.1) is 20.4 Å². The molecule has 0 saturated carbocycles. The number of ether oxygens (including phenoxy) is 2.